The Hall–Kier alpha value is -1.28. The van der Waals surface area contributed by atoms with Gasteiger partial charge in [0.1, 0.15) is 0 Å². The normalized spacial score (nSPS) is 10.1. The van der Waals surface area contributed by atoms with Crippen LogP contribution in [0.3, 0.4) is 0 Å². The van der Waals surface area contributed by atoms with Gasteiger partial charge < -0.3 is 0 Å². The average molecular weight is 178 g/mol. The maximum Gasteiger partial charge on any atom is 0.205 e. The van der Waals surface area contributed by atoms with E-state index in [0.29, 0.717) is 5.82 Å². The first-order valence-corrected chi connectivity index (χ1v) is 3.98. The molecule has 2 aromatic rings. The Balaban J connectivity index is 2.45. The van der Waals surface area contributed by atoms with E-state index in [1.807, 2.05) is 30.3 Å². The van der Waals surface area contributed by atoms with Crippen LogP contribution in [0.15, 0.2) is 30.3 Å². The lowest BCUT2D eigenvalue weighted by Gasteiger charge is -1.89. The first-order chi connectivity index (χ1) is 5.86. The highest BCUT2D eigenvalue weighted by molar-refractivity contribution is 7.14. The van der Waals surface area contributed by atoms with Crippen LogP contribution in [0.4, 0.5) is 0 Å². The van der Waals surface area contributed by atoms with Crippen LogP contribution < -0.4 is 0 Å². The number of tetrazole rings is 1. The summed E-state index contributed by atoms with van der Waals surface area (Å²) >= 11 is 0. The highest BCUT2D eigenvalue weighted by Crippen LogP contribution is 2.11. The Morgan fingerprint density at radius 2 is 1.92 bits per heavy atom. The van der Waals surface area contributed by atoms with Gasteiger partial charge >= 0.3 is 0 Å². The van der Waals surface area contributed by atoms with E-state index in [-0.39, 0.29) is 0 Å². The van der Waals surface area contributed by atoms with Crippen molar-refractivity contribution in [2.75, 3.05) is 0 Å². The molecule has 0 saturated carbocycles. The van der Waals surface area contributed by atoms with Crippen LogP contribution in [0, 0.1) is 0 Å². The topological polar surface area (TPSA) is 43.6 Å². The van der Waals surface area contributed by atoms with E-state index >= 15 is 0 Å². The zero-order chi connectivity index (χ0) is 8.39. The molecule has 0 spiro atoms. The lowest BCUT2D eigenvalue weighted by atomic mass is 10.2. The summed E-state index contributed by atoms with van der Waals surface area (Å²) in [7, 11) is 2.33. The van der Waals surface area contributed by atoms with Gasteiger partial charge in [0.15, 0.2) is 0 Å². The number of hydrogen-bond acceptors (Lipinski definition) is 3. The van der Waals surface area contributed by atoms with Gasteiger partial charge in [-0.3, -0.25) is 0 Å². The highest BCUT2D eigenvalue weighted by atomic mass is 31.0. The van der Waals surface area contributed by atoms with E-state index in [1.54, 1.807) is 0 Å². The quantitative estimate of drug-likeness (QED) is 0.611. The summed E-state index contributed by atoms with van der Waals surface area (Å²) in [4.78, 5) is 0. The minimum atomic E-state index is 0.644. The molecule has 0 saturated heterocycles. The molecule has 1 unspecified atom stereocenters. The summed E-state index contributed by atoms with van der Waals surface area (Å²) < 4.78 is 1.36. The number of aromatic nitrogens is 4. The van der Waals surface area contributed by atoms with Gasteiger partial charge in [0.25, 0.3) is 0 Å². The van der Waals surface area contributed by atoms with Gasteiger partial charge in [-0.25, -0.2) is 0 Å². The molecule has 0 bridgehead atoms. The molecule has 0 fully saturated rings. The van der Waals surface area contributed by atoms with Gasteiger partial charge in [-0.1, -0.05) is 30.3 Å². The highest BCUT2D eigenvalue weighted by Gasteiger charge is 2.01. The molecule has 0 radical (unpaired) electrons. The Morgan fingerprint density at radius 1 is 1.17 bits per heavy atom. The third kappa shape index (κ3) is 1.34. The molecule has 2 rings (SSSR count). The molecule has 0 aliphatic heterocycles. The monoisotopic (exact) mass is 178 g/mol. The summed E-state index contributed by atoms with van der Waals surface area (Å²) in [6.45, 7) is 0. The first-order valence-electron chi connectivity index (χ1n) is 3.47. The maximum absolute atomic E-state index is 4.04. The second-order valence-corrected chi connectivity index (χ2v) is 2.76. The van der Waals surface area contributed by atoms with Crippen LogP contribution in [-0.4, -0.2) is 20.0 Å². The van der Waals surface area contributed by atoms with Crippen molar-refractivity contribution in [2.45, 2.75) is 0 Å². The molecule has 4 nitrogen and oxygen atoms in total. The Kier molecular flexibility index (Phi) is 1.84. The Morgan fingerprint density at radius 3 is 2.50 bits per heavy atom. The van der Waals surface area contributed by atoms with Crippen molar-refractivity contribution in [3.05, 3.63) is 30.3 Å². The fourth-order valence-electron chi connectivity index (χ4n) is 0.928. The van der Waals surface area contributed by atoms with Gasteiger partial charge in [0, 0.05) is 15.0 Å². The maximum atomic E-state index is 4.04. The first kappa shape index (κ1) is 7.37. The zero-order valence-corrected chi connectivity index (χ0v) is 7.41. The second kappa shape index (κ2) is 2.99. The molecule has 1 aromatic heterocycles. The minimum Gasteiger partial charge on any atom is -0.150 e. The second-order valence-electron chi connectivity index (χ2n) is 2.30. The molecule has 1 heterocycles. The van der Waals surface area contributed by atoms with Gasteiger partial charge in [-0.05, 0) is 5.21 Å². The molecule has 1 atom stereocenters. The standard InChI is InChI=1S/C7H7N4P/c12-11-9-7(8-10-11)6-4-2-1-3-5-6/h1-5H,12H2. The van der Waals surface area contributed by atoms with Crippen LogP contribution >= 0.6 is 9.39 Å². The molecule has 0 aliphatic rings. The number of benzene rings is 1. The Labute approximate surface area is 71.9 Å². The van der Waals surface area contributed by atoms with E-state index in [4.69, 9.17) is 0 Å². The van der Waals surface area contributed by atoms with Crippen molar-refractivity contribution in [1.29, 1.82) is 0 Å². The van der Waals surface area contributed by atoms with Crippen molar-refractivity contribution in [3.63, 3.8) is 0 Å². The van der Waals surface area contributed by atoms with Crippen molar-refractivity contribution in [2.24, 2.45) is 0 Å². The lowest BCUT2D eigenvalue weighted by Crippen LogP contribution is -1.82. The SMILES string of the molecule is Pn1nnc(-c2ccccc2)n1. The average Bonchev–Trinajstić information content (AvgIpc) is 2.54. The van der Waals surface area contributed by atoms with Gasteiger partial charge in [-0.2, -0.15) is 4.57 Å². The van der Waals surface area contributed by atoms with Gasteiger partial charge in [0.2, 0.25) is 5.82 Å². The van der Waals surface area contributed by atoms with Crippen LogP contribution in [0.2, 0.25) is 0 Å². The van der Waals surface area contributed by atoms with Crippen LogP contribution in [0.25, 0.3) is 11.4 Å². The van der Waals surface area contributed by atoms with Crippen LogP contribution in [0.5, 0.6) is 0 Å². The van der Waals surface area contributed by atoms with Gasteiger partial charge in [0.05, 0.1) is 0 Å². The third-order valence-electron chi connectivity index (χ3n) is 1.46. The molecule has 1 aromatic carbocycles. The molecule has 0 amide bonds. The largest absolute Gasteiger partial charge is 0.205 e. The lowest BCUT2D eigenvalue weighted by molar-refractivity contribution is 0.818. The zero-order valence-electron chi connectivity index (χ0n) is 6.25. The smallest absolute Gasteiger partial charge is 0.150 e. The molecule has 0 aliphatic carbocycles. The summed E-state index contributed by atoms with van der Waals surface area (Å²) in [6, 6.07) is 9.73. The predicted octanol–water partition coefficient (Wildman–Crippen LogP) is 0.978. The summed E-state index contributed by atoms with van der Waals surface area (Å²) in [6.07, 6.45) is 0. The van der Waals surface area contributed by atoms with E-state index < -0.39 is 0 Å². The van der Waals surface area contributed by atoms with Crippen molar-refractivity contribution < 1.29 is 0 Å². The van der Waals surface area contributed by atoms with Crippen molar-refractivity contribution >= 4 is 9.39 Å². The fourth-order valence-corrected chi connectivity index (χ4v) is 1.09. The number of rotatable bonds is 1. The fraction of sp³-hybridized carbons (Fsp3) is 0. The van der Waals surface area contributed by atoms with Crippen molar-refractivity contribution in [1.82, 2.24) is 20.0 Å². The predicted molar refractivity (Wildman–Crippen MR) is 48.4 cm³/mol. The van der Waals surface area contributed by atoms with Gasteiger partial charge in [-0.15, -0.1) is 10.2 Å². The molecular formula is C7H7N4P. The van der Waals surface area contributed by atoms with Crippen LogP contribution in [-0.2, 0) is 0 Å². The Bertz CT molecular complexity index is 370. The molecule has 5 heteroatoms. The van der Waals surface area contributed by atoms with E-state index in [0.717, 1.165) is 5.56 Å². The molecule has 12 heavy (non-hydrogen) atoms. The molecular weight excluding hydrogens is 171 g/mol. The third-order valence-corrected chi connectivity index (χ3v) is 1.68. The molecule has 60 valence electrons. The summed E-state index contributed by atoms with van der Waals surface area (Å²) in [5.74, 6) is 0.644. The van der Waals surface area contributed by atoms with Crippen LogP contribution in [0.1, 0.15) is 0 Å². The van der Waals surface area contributed by atoms with E-state index in [2.05, 4.69) is 24.8 Å². The summed E-state index contributed by atoms with van der Waals surface area (Å²) in [5.41, 5.74) is 0.978. The molecule has 0 N–H and O–H groups in total. The minimum absolute atomic E-state index is 0.644. The van der Waals surface area contributed by atoms with E-state index in [1.165, 1.54) is 4.57 Å². The summed E-state index contributed by atoms with van der Waals surface area (Å²) in [5, 5.41) is 11.6. The van der Waals surface area contributed by atoms with E-state index in [9.17, 15) is 0 Å². The number of hydrogen-bond donors (Lipinski definition) is 0. The number of nitrogens with zero attached hydrogens (tertiary/aromatic N) is 4. The van der Waals surface area contributed by atoms with Crippen molar-refractivity contribution in [3.8, 4) is 11.4 Å².